The molecule has 4 nitrogen and oxygen atoms in total. The van der Waals surface area contributed by atoms with E-state index in [1.807, 2.05) is 14.1 Å². The average molecular weight is 230 g/mol. The quantitative estimate of drug-likeness (QED) is 0.825. The highest BCUT2D eigenvalue weighted by Gasteiger charge is 2.17. The van der Waals surface area contributed by atoms with Crippen molar-refractivity contribution in [1.29, 1.82) is 0 Å². The Balaban J connectivity index is 3.14. The molecule has 82 valence electrons. The lowest BCUT2D eigenvalue weighted by Gasteiger charge is -2.15. The van der Waals surface area contributed by atoms with Crippen molar-refractivity contribution in [3.8, 4) is 0 Å². The largest absolute Gasteiger partial charge is 0.479 e. The van der Waals surface area contributed by atoms with Gasteiger partial charge < -0.3 is 15.1 Å². The Hall–Kier alpha value is -1.26. The fourth-order valence-corrected chi connectivity index (χ4v) is 1.39. The van der Waals surface area contributed by atoms with Crippen molar-refractivity contribution in [3.63, 3.8) is 0 Å². The Morgan fingerprint density at radius 1 is 1.40 bits per heavy atom. The van der Waals surface area contributed by atoms with Crippen LogP contribution in [0.1, 0.15) is 11.7 Å². The van der Waals surface area contributed by atoms with Crippen LogP contribution in [0.3, 0.4) is 0 Å². The van der Waals surface area contributed by atoms with Gasteiger partial charge in [0.15, 0.2) is 6.10 Å². The van der Waals surface area contributed by atoms with Crippen LogP contribution in [0.25, 0.3) is 0 Å². The third-order valence-corrected chi connectivity index (χ3v) is 2.19. The molecular weight excluding hydrogens is 218 g/mol. The predicted molar refractivity (Wildman–Crippen MR) is 58.4 cm³/mol. The zero-order chi connectivity index (χ0) is 11.6. The second-order valence-electron chi connectivity index (χ2n) is 3.38. The van der Waals surface area contributed by atoms with Crippen LogP contribution in [-0.4, -0.2) is 30.3 Å². The molecule has 0 aliphatic carbocycles. The van der Waals surface area contributed by atoms with Gasteiger partial charge in [0.25, 0.3) is 0 Å². The van der Waals surface area contributed by atoms with E-state index in [0.29, 0.717) is 5.02 Å². The van der Waals surface area contributed by atoms with E-state index in [0.717, 1.165) is 5.69 Å². The number of halogens is 1. The number of aliphatic carboxylic acids is 1. The number of carboxylic acids is 1. The van der Waals surface area contributed by atoms with Crippen LogP contribution in [0.2, 0.25) is 5.02 Å². The summed E-state index contributed by atoms with van der Waals surface area (Å²) in [5.41, 5.74) is 1.02. The molecule has 0 radical (unpaired) electrons. The van der Waals surface area contributed by atoms with Gasteiger partial charge in [-0.3, -0.25) is 0 Å². The maximum absolute atomic E-state index is 10.6. The summed E-state index contributed by atoms with van der Waals surface area (Å²) in [6.45, 7) is 0. The number of anilines is 1. The van der Waals surface area contributed by atoms with E-state index in [1.165, 1.54) is 6.07 Å². The maximum atomic E-state index is 10.6. The van der Waals surface area contributed by atoms with E-state index in [1.54, 1.807) is 17.0 Å². The van der Waals surface area contributed by atoms with E-state index in [9.17, 15) is 9.90 Å². The molecule has 0 aliphatic heterocycles. The van der Waals surface area contributed by atoms with Gasteiger partial charge in [-0.25, -0.2) is 4.79 Å². The van der Waals surface area contributed by atoms with Gasteiger partial charge in [-0.2, -0.15) is 0 Å². The lowest BCUT2D eigenvalue weighted by atomic mass is 10.1. The highest BCUT2D eigenvalue weighted by atomic mass is 35.5. The molecule has 0 aliphatic rings. The molecule has 0 aromatic heterocycles. The molecule has 5 heteroatoms. The third-order valence-electron chi connectivity index (χ3n) is 1.97. The summed E-state index contributed by atoms with van der Waals surface area (Å²) >= 11 is 5.81. The molecule has 0 saturated carbocycles. The molecule has 0 heterocycles. The van der Waals surface area contributed by atoms with Crippen LogP contribution in [0.4, 0.5) is 5.69 Å². The van der Waals surface area contributed by atoms with Crippen LogP contribution < -0.4 is 4.90 Å². The van der Waals surface area contributed by atoms with Crippen molar-refractivity contribution in [2.45, 2.75) is 6.10 Å². The summed E-state index contributed by atoms with van der Waals surface area (Å²) in [5.74, 6) is -1.29. The van der Waals surface area contributed by atoms with Gasteiger partial charge in [0, 0.05) is 24.8 Å². The Morgan fingerprint density at radius 2 is 2.00 bits per heavy atom. The fraction of sp³-hybridized carbons (Fsp3) is 0.300. The number of aliphatic hydroxyl groups excluding tert-OH is 1. The number of benzene rings is 1. The van der Waals surface area contributed by atoms with Gasteiger partial charge in [-0.1, -0.05) is 11.6 Å². The lowest BCUT2D eigenvalue weighted by Crippen LogP contribution is -2.13. The first-order valence-corrected chi connectivity index (χ1v) is 4.68. The zero-order valence-electron chi connectivity index (χ0n) is 8.44. The molecule has 15 heavy (non-hydrogen) atoms. The molecule has 0 saturated heterocycles. The van der Waals surface area contributed by atoms with Gasteiger partial charge in [0.2, 0.25) is 0 Å². The molecule has 1 rings (SSSR count). The summed E-state index contributed by atoms with van der Waals surface area (Å²) in [7, 11) is 3.62. The standard InChI is InChI=1S/C10H12ClNO3/c1-12(2)8-4-6(3-7(11)5-8)9(13)10(14)15/h3-5,9,13H,1-2H3,(H,14,15)/t9-/m0/s1. The summed E-state index contributed by atoms with van der Waals surface area (Å²) < 4.78 is 0. The molecule has 1 aromatic carbocycles. The Morgan fingerprint density at radius 3 is 2.47 bits per heavy atom. The van der Waals surface area contributed by atoms with Gasteiger partial charge in [0.05, 0.1) is 0 Å². The molecule has 0 spiro atoms. The van der Waals surface area contributed by atoms with E-state index >= 15 is 0 Å². The molecule has 0 bridgehead atoms. The Kier molecular flexibility index (Phi) is 3.55. The third kappa shape index (κ3) is 2.84. The minimum absolute atomic E-state index is 0.277. The minimum atomic E-state index is -1.54. The van der Waals surface area contributed by atoms with Gasteiger partial charge in [-0.15, -0.1) is 0 Å². The molecule has 0 fully saturated rings. The van der Waals surface area contributed by atoms with Crippen LogP contribution in [0.15, 0.2) is 18.2 Å². The van der Waals surface area contributed by atoms with Crippen molar-refractivity contribution in [3.05, 3.63) is 28.8 Å². The maximum Gasteiger partial charge on any atom is 0.337 e. The van der Waals surface area contributed by atoms with Crippen LogP contribution in [0.5, 0.6) is 0 Å². The van der Waals surface area contributed by atoms with Crippen molar-refractivity contribution >= 4 is 23.3 Å². The Bertz CT molecular complexity index is 379. The molecule has 2 N–H and O–H groups in total. The highest BCUT2D eigenvalue weighted by Crippen LogP contribution is 2.25. The number of nitrogens with zero attached hydrogens (tertiary/aromatic N) is 1. The SMILES string of the molecule is CN(C)c1cc(Cl)cc([C@H](O)C(=O)O)c1. The number of hydrogen-bond acceptors (Lipinski definition) is 3. The second-order valence-corrected chi connectivity index (χ2v) is 3.81. The smallest absolute Gasteiger partial charge is 0.337 e. The summed E-state index contributed by atoms with van der Waals surface area (Å²) in [4.78, 5) is 12.4. The fourth-order valence-electron chi connectivity index (χ4n) is 1.15. The summed E-state index contributed by atoms with van der Waals surface area (Å²) in [6.07, 6.45) is -1.54. The monoisotopic (exact) mass is 229 g/mol. The van der Waals surface area contributed by atoms with Crippen LogP contribution >= 0.6 is 11.6 Å². The van der Waals surface area contributed by atoms with Crippen LogP contribution in [0, 0.1) is 0 Å². The first-order valence-electron chi connectivity index (χ1n) is 4.30. The molecule has 1 atom stereocenters. The molecule has 1 aromatic rings. The number of aliphatic hydroxyl groups is 1. The van der Waals surface area contributed by atoms with E-state index in [4.69, 9.17) is 16.7 Å². The lowest BCUT2D eigenvalue weighted by molar-refractivity contribution is -0.146. The summed E-state index contributed by atoms with van der Waals surface area (Å²) in [6, 6.07) is 4.72. The van der Waals surface area contributed by atoms with Crippen molar-refractivity contribution in [1.82, 2.24) is 0 Å². The Labute approximate surface area is 92.7 Å². The van der Waals surface area contributed by atoms with Gasteiger partial charge >= 0.3 is 5.97 Å². The highest BCUT2D eigenvalue weighted by molar-refractivity contribution is 6.31. The molecule has 0 unspecified atom stereocenters. The number of hydrogen-bond donors (Lipinski definition) is 2. The summed E-state index contributed by atoms with van der Waals surface area (Å²) in [5, 5.41) is 18.4. The van der Waals surface area contributed by atoms with E-state index in [2.05, 4.69) is 0 Å². The van der Waals surface area contributed by atoms with E-state index in [-0.39, 0.29) is 5.56 Å². The molecule has 0 amide bonds. The first-order chi connectivity index (χ1) is 6.91. The number of carboxylic acid groups (broad SMARTS) is 1. The second kappa shape index (κ2) is 4.51. The zero-order valence-corrected chi connectivity index (χ0v) is 9.19. The van der Waals surface area contributed by atoms with Crippen molar-refractivity contribution < 1.29 is 15.0 Å². The topological polar surface area (TPSA) is 60.8 Å². The minimum Gasteiger partial charge on any atom is -0.479 e. The predicted octanol–water partition coefficient (Wildman–Crippen LogP) is 1.52. The van der Waals surface area contributed by atoms with Crippen molar-refractivity contribution in [2.24, 2.45) is 0 Å². The van der Waals surface area contributed by atoms with Crippen LogP contribution in [-0.2, 0) is 4.79 Å². The normalized spacial score (nSPS) is 12.3. The number of rotatable bonds is 3. The molecular formula is C10H12ClNO3. The first kappa shape index (κ1) is 11.8. The number of carbonyl (C=O) groups is 1. The average Bonchev–Trinajstić information content (AvgIpc) is 2.15. The van der Waals surface area contributed by atoms with Gasteiger partial charge in [-0.05, 0) is 23.8 Å². The van der Waals surface area contributed by atoms with E-state index < -0.39 is 12.1 Å². The van der Waals surface area contributed by atoms with Gasteiger partial charge in [0.1, 0.15) is 0 Å². The van der Waals surface area contributed by atoms with Crippen molar-refractivity contribution in [2.75, 3.05) is 19.0 Å².